The molecule has 4 aromatic carbocycles. The molecule has 16 heteroatoms. The molecule has 0 heterocycles. The van der Waals surface area contributed by atoms with E-state index < -0.39 is 62.3 Å². The van der Waals surface area contributed by atoms with Gasteiger partial charge in [0.25, 0.3) is 0 Å². The quantitative estimate of drug-likeness (QED) is 0.0933. The molecule has 0 aliphatic heterocycles. The third-order valence-corrected chi connectivity index (χ3v) is 8.42. The molecule has 0 fully saturated rings. The van der Waals surface area contributed by atoms with Gasteiger partial charge in [0.2, 0.25) is 0 Å². The Morgan fingerprint density at radius 1 is 0.386 bits per heavy atom. The van der Waals surface area contributed by atoms with E-state index in [1.54, 1.807) is 18.2 Å². The second kappa shape index (κ2) is 20.3. The van der Waals surface area contributed by atoms with Crippen LogP contribution >= 0.6 is 0 Å². The van der Waals surface area contributed by atoms with Gasteiger partial charge in [-0.2, -0.15) is 0 Å². The molecule has 0 spiro atoms. The Hall–Kier alpha value is -6.68. The molecule has 0 aromatic heterocycles. The number of aliphatic hydroxyl groups excluding tert-OH is 1. The largest absolute Gasteiger partial charge is 0.497 e. The molecule has 0 amide bonds. The second-order valence-electron chi connectivity index (χ2n) is 12.3. The highest BCUT2D eigenvalue weighted by atomic mass is 16.6. The summed E-state index contributed by atoms with van der Waals surface area (Å²) in [4.78, 5) is 54.3. The normalized spacial score (nSPS) is 10.7. The molecular formula is C41H44O16. The molecule has 4 aromatic rings. The number of benzene rings is 4. The number of rotatable bonds is 20. The lowest BCUT2D eigenvalue weighted by atomic mass is 9.92. The molecule has 304 valence electrons. The van der Waals surface area contributed by atoms with Gasteiger partial charge in [0.1, 0.15) is 72.1 Å². The lowest BCUT2D eigenvalue weighted by Gasteiger charge is -2.31. The smallest absolute Gasteiger partial charge is 0.338 e. The number of esters is 4. The predicted molar refractivity (Wildman–Crippen MR) is 201 cm³/mol. The minimum Gasteiger partial charge on any atom is -0.497 e. The molecule has 0 atom stereocenters. The molecule has 0 aliphatic rings. The van der Waals surface area contributed by atoms with Gasteiger partial charge in [-0.1, -0.05) is 0 Å². The highest BCUT2D eigenvalue weighted by Crippen LogP contribution is 2.29. The number of hydrogen-bond acceptors (Lipinski definition) is 16. The van der Waals surface area contributed by atoms with Crippen LogP contribution in [-0.2, 0) is 25.6 Å². The van der Waals surface area contributed by atoms with E-state index in [9.17, 15) is 24.3 Å². The number of ether oxygens (including phenoxy) is 11. The fraction of sp³-hybridized carbons (Fsp3) is 0.317. The fourth-order valence-electron chi connectivity index (χ4n) is 5.22. The Morgan fingerprint density at radius 2 is 0.614 bits per heavy atom. The Labute approximate surface area is 328 Å². The van der Waals surface area contributed by atoms with Gasteiger partial charge in [-0.25, -0.2) is 19.2 Å². The standard InChI is InChI=1S/C41H44O16/c1-47-30-9-25(20-42)8-26(10-30)37(43)54-21-41(22-55-38(44)27-11-31(48-2)17-32(12-27)49-3,23-56-39(45)28-13-33(50-4)18-34(14-28)51-5)24-57-40(46)29-15-35(52-6)19-36(16-29)53-7/h8-19,42H,20-24H2,1-7H3. The molecule has 0 radical (unpaired) electrons. The second-order valence-corrected chi connectivity index (χ2v) is 12.3. The summed E-state index contributed by atoms with van der Waals surface area (Å²) in [5.74, 6) is -1.42. The van der Waals surface area contributed by atoms with E-state index >= 15 is 0 Å². The van der Waals surface area contributed by atoms with Gasteiger partial charge < -0.3 is 57.2 Å². The van der Waals surface area contributed by atoms with E-state index in [0.29, 0.717) is 40.1 Å². The molecule has 4 rings (SSSR count). The van der Waals surface area contributed by atoms with Crippen molar-refractivity contribution in [1.29, 1.82) is 0 Å². The van der Waals surface area contributed by atoms with Crippen LogP contribution in [0.3, 0.4) is 0 Å². The highest BCUT2D eigenvalue weighted by molar-refractivity contribution is 5.92. The van der Waals surface area contributed by atoms with Crippen molar-refractivity contribution in [1.82, 2.24) is 0 Å². The van der Waals surface area contributed by atoms with Crippen LogP contribution in [0.25, 0.3) is 0 Å². The highest BCUT2D eigenvalue weighted by Gasteiger charge is 2.39. The first-order valence-electron chi connectivity index (χ1n) is 17.1. The van der Waals surface area contributed by atoms with Gasteiger partial charge in [0, 0.05) is 18.2 Å². The van der Waals surface area contributed by atoms with Gasteiger partial charge in [-0.05, 0) is 60.2 Å². The van der Waals surface area contributed by atoms with Crippen molar-refractivity contribution >= 4 is 23.9 Å². The van der Waals surface area contributed by atoms with E-state index in [2.05, 4.69) is 0 Å². The van der Waals surface area contributed by atoms with Gasteiger partial charge in [-0.3, -0.25) is 0 Å². The lowest BCUT2D eigenvalue weighted by molar-refractivity contribution is -0.0642. The van der Waals surface area contributed by atoms with Crippen LogP contribution in [0.4, 0.5) is 0 Å². The summed E-state index contributed by atoms with van der Waals surface area (Å²) in [6.45, 7) is -2.90. The third-order valence-electron chi connectivity index (χ3n) is 8.42. The van der Waals surface area contributed by atoms with Gasteiger partial charge in [-0.15, -0.1) is 0 Å². The molecule has 57 heavy (non-hydrogen) atoms. The number of aliphatic hydroxyl groups is 1. The SMILES string of the molecule is COc1cc(CO)cc(C(=O)OCC(COC(=O)c2cc(OC)cc(OC)c2)(COC(=O)c2cc(OC)cc(OC)c2)COC(=O)c2cc(OC)cc(OC)c2)c1. The van der Waals surface area contributed by atoms with Crippen molar-refractivity contribution in [3.05, 3.63) is 101 Å². The summed E-state index contributed by atoms with van der Waals surface area (Å²) in [7, 11) is 9.85. The summed E-state index contributed by atoms with van der Waals surface area (Å²) in [6.07, 6.45) is 0. The molecule has 0 aliphatic carbocycles. The first-order chi connectivity index (χ1) is 27.4. The van der Waals surface area contributed by atoms with Crippen LogP contribution in [0.1, 0.15) is 47.0 Å². The Bertz CT molecular complexity index is 1660. The lowest BCUT2D eigenvalue weighted by Crippen LogP contribution is -2.44. The van der Waals surface area contributed by atoms with E-state index in [4.69, 9.17) is 52.1 Å². The summed E-state index contributed by atoms with van der Waals surface area (Å²) in [5.41, 5.74) is -1.28. The summed E-state index contributed by atoms with van der Waals surface area (Å²) >= 11 is 0. The maximum Gasteiger partial charge on any atom is 0.338 e. The number of carbonyl (C=O) groups is 4. The number of hydrogen-bond donors (Lipinski definition) is 1. The maximum atomic E-state index is 13.6. The van der Waals surface area contributed by atoms with Crippen LogP contribution < -0.4 is 33.2 Å². The van der Waals surface area contributed by atoms with Crippen LogP contribution in [0.2, 0.25) is 0 Å². The van der Waals surface area contributed by atoms with Crippen LogP contribution in [-0.4, -0.2) is 105 Å². The zero-order valence-electron chi connectivity index (χ0n) is 32.5. The molecule has 0 saturated heterocycles. The summed E-state index contributed by atoms with van der Waals surface area (Å²) < 4.78 is 60.1. The van der Waals surface area contributed by atoms with Gasteiger partial charge in [0.05, 0.1) is 78.6 Å². The van der Waals surface area contributed by atoms with E-state index in [1.165, 1.54) is 104 Å². The zero-order valence-corrected chi connectivity index (χ0v) is 32.5. The molecule has 0 unspecified atom stereocenters. The maximum absolute atomic E-state index is 13.6. The Kier molecular flexibility index (Phi) is 15.3. The van der Waals surface area contributed by atoms with Crippen molar-refractivity contribution in [2.45, 2.75) is 6.61 Å². The van der Waals surface area contributed by atoms with Crippen LogP contribution in [0, 0.1) is 5.41 Å². The average Bonchev–Trinajstić information content (AvgIpc) is 3.26. The van der Waals surface area contributed by atoms with Crippen LogP contribution in [0.5, 0.6) is 40.2 Å². The van der Waals surface area contributed by atoms with Gasteiger partial charge >= 0.3 is 23.9 Å². The minimum absolute atomic E-state index is 0.00807. The predicted octanol–water partition coefficient (Wildman–Crippen LogP) is 4.95. The topological polar surface area (TPSA) is 190 Å². The third kappa shape index (κ3) is 11.7. The molecule has 16 nitrogen and oxygen atoms in total. The minimum atomic E-state index is -1.75. The van der Waals surface area contributed by atoms with Crippen molar-refractivity contribution < 1.29 is 76.4 Å². The zero-order chi connectivity index (χ0) is 41.5. The summed E-state index contributed by atoms with van der Waals surface area (Å²) in [6, 6.07) is 17.5. The van der Waals surface area contributed by atoms with Crippen molar-refractivity contribution in [2.75, 3.05) is 76.2 Å². The van der Waals surface area contributed by atoms with Crippen molar-refractivity contribution in [3.8, 4) is 40.2 Å². The van der Waals surface area contributed by atoms with Crippen molar-refractivity contribution in [3.63, 3.8) is 0 Å². The monoisotopic (exact) mass is 792 g/mol. The first-order valence-corrected chi connectivity index (χ1v) is 17.1. The summed E-state index contributed by atoms with van der Waals surface area (Å²) in [5, 5.41) is 9.77. The first kappa shape index (κ1) is 43.1. The van der Waals surface area contributed by atoms with Crippen molar-refractivity contribution in [2.24, 2.45) is 5.41 Å². The average molecular weight is 793 g/mol. The van der Waals surface area contributed by atoms with Crippen LogP contribution in [0.15, 0.2) is 72.8 Å². The van der Waals surface area contributed by atoms with E-state index in [-0.39, 0.29) is 28.0 Å². The number of methoxy groups -OCH3 is 7. The number of carbonyl (C=O) groups excluding carboxylic acids is 4. The Balaban J connectivity index is 1.75. The van der Waals surface area contributed by atoms with E-state index in [0.717, 1.165) is 0 Å². The Morgan fingerprint density at radius 3 is 0.842 bits per heavy atom. The molecule has 0 saturated carbocycles. The molecule has 1 N–H and O–H groups in total. The molecular weight excluding hydrogens is 748 g/mol. The van der Waals surface area contributed by atoms with E-state index in [1.807, 2.05) is 0 Å². The van der Waals surface area contributed by atoms with Gasteiger partial charge in [0.15, 0.2) is 0 Å². The fourth-order valence-corrected chi connectivity index (χ4v) is 5.22. The molecule has 0 bridgehead atoms.